The van der Waals surface area contributed by atoms with Crippen LogP contribution in [-0.4, -0.2) is 80.6 Å². The Morgan fingerprint density at radius 3 is 2.55 bits per heavy atom. The number of hydrogen-bond acceptors (Lipinski definition) is 5. The summed E-state index contributed by atoms with van der Waals surface area (Å²) in [6.45, 7) is 16.0. The molecule has 0 radical (unpaired) electrons. The van der Waals surface area contributed by atoms with E-state index in [0.717, 1.165) is 33.5 Å². The molecule has 1 N–H and O–H groups in total. The highest BCUT2D eigenvalue weighted by Gasteiger charge is 2.47. The van der Waals surface area contributed by atoms with Crippen molar-refractivity contribution in [2.24, 2.45) is 0 Å². The number of hydrogen-bond donors (Lipinski definition) is 1. The molecule has 0 spiro atoms. The van der Waals surface area contributed by atoms with Gasteiger partial charge in [-0.25, -0.2) is 0 Å². The van der Waals surface area contributed by atoms with Crippen LogP contribution in [0.1, 0.15) is 48.2 Å². The average molecular weight is 617 g/mol. The first-order valence-electron chi connectivity index (χ1n) is 15.5. The molecule has 0 bridgehead atoms. The van der Waals surface area contributed by atoms with Crippen LogP contribution in [0.15, 0.2) is 90.2 Å². The zero-order valence-corrected chi connectivity index (χ0v) is 27.4. The van der Waals surface area contributed by atoms with E-state index >= 15 is 0 Å². The van der Waals surface area contributed by atoms with E-state index in [0.29, 0.717) is 56.5 Å². The van der Waals surface area contributed by atoms with E-state index in [1.807, 2.05) is 84.5 Å². The average Bonchev–Trinajstić information content (AvgIpc) is 3.06. The van der Waals surface area contributed by atoms with Crippen molar-refractivity contribution in [2.45, 2.75) is 39.7 Å². The molecule has 2 atom stereocenters. The van der Waals surface area contributed by atoms with Gasteiger partial charge < -0.3 is 24.8 Å². The number of ether oxygens (including phenoxy) is 1. The molecular formula is C36H45ClN4O3. The number of anilines is 1. The maximum atomic E-state index is 14.6. The molecule has 5 rings (SSSR count). The first kappa shape index (κ1) is 33.1. The topological polar surface area (TPSA) is 65.1 Å². The van der Waals surface area contributed by atoms with Gasteiger partial charge in [0.2, 0.25) is 5.91 Å². The molecule has 7 nitrogen and oxygen atoms in total. The number of benzene rings is 2. The Morgan fingerprint density at radius 1 is 1.11 bits per heavy atom. The summed E-state index contributed by atoms with van der Waals surface area (Å²) in [5.41, 5.74) is 6.72. The maximum Gasteiger partial charge on any atom is 0.254 e. The fourth-order valence-electron chi connectivity index (χ4n) is 6.30. The third kappa shape index (κ3) is 6.79. The zero-order valence-electron chi connectivity index (χ0n) is 26.6. The Labute approximate surface area is 267 Å². The predicted octanol–water partition coefficient (Wildman–Crippen LogP) is 6.12. The lowest BCUT2D eigenvalue weighted by Gasteiger charge is -2.46. The Hall–Kier alpha value is -3.81. The van der Waals surface area contributed by atoms with E-state index in [1.165, 1.54) is 0 Å². The van der Waals surface area contributed by atoms with E-state index in [1.54, 1.807) is 13.2 Å². The molecule has 1 fully saturated rings. The van der Waals surface area contributed by atoms with Gasteiger partial charge in [0.15, 0.2) is 0 Å². The van der Waals surface area contributed by atoms with Crippen molar-refractivity contribution in [1.82, 2.24) is 15.1 Å². The Morgan fingerprint density at radius 2 is 1.84 bits per heavy atom. The van der Waals surface area contributed by atoms with E-state index in [2.05, 4.69) is 30.6 Å². The first-order valence-corrected chi connectivity index (χ1v) is 15.8. The molecular weight excluding hydrogens is 572 g/mol. The molecule has 234 valence electrons. The van der Waals surface area contributed by atoms with Gasteiger partial charge in [-0.15, -0.1) is 0 Å². The normalized spacial score (nSPS) is 20.1. The smallest absolute Gasteiger partial charge is 0.254 e. The van der Waals surface area contributed by atoms with Gasteiger partial charge in [-0.05, 0) is 59.9 Å². The molecule has 2 amide bonds. The van der Waals surface area contributed by atoms with Gasteiger partial charge in [0.05, 0.1) is 18.6 Å². The number of allylic oxidation sites excluding steroid dienone is 2. The van der Waals surface area contributed by atoms with Crippen LogP contribution < -0.4 is 10.2 Å². The lowest BCUT2D eigenvalue weighted by molar-refractivity contribution is -0.134. The molecule has 3 aliphatic heterocycles. The Bertz CT molecular complexity index is 1460. The van der Waals surface area contributed by atoms with Gasteiger partial charge in [0.1, 0.15) is 0 Å². The summed E-state index contributed by atoms with van der Waals surface area (Å²) in [5, 5.41) is 4.10. The molecule has 2 aromatic carbocycles. The number of piperazine rings is 1. The molecule has 0 saturated carbocycles. The van der Waals surface area contributed by atoms with Gasteiger partial charge >= 0.3 is 0 Å². The van der Waals surface area contributed by atoms with Crippen LogP contribution in [0.4, 0.5) is 5.69 Å². The number of rotatable bonds is 8. The molecule has 0 aromatic heterocycles. The van der Waals surface area contributed by atoms with Gasteiger partial charge in [0, 0.05) is 68.9 Å². The summed E-state index contributed by atoms with van der Waals surface area (Å²) in [4.78, 5) is 34.7. The number of nitrogens with zero attached hydrogens (tertiary/aromatic N) is 3. The van der Waals surface area contributed by atoms with Gasteiger partial charge in [-0.1, -0.05) is 74.5 Å². The minimum Gasteiger partial charge on any atom is -0.387 e. The summed E-state index contributed by atoms with van der Waals surface area (Å²) >= 11 is 6.31. The lowest BCUT2D eigenvalue weighted by Crippen LogP contribution is -2.57. The number of carbonyl (C=O) groups is 2. The van der Waals surface area contributed by atoms with E-state index in [-0.39, 0.29) is 11.8 Å². The number of dihydropyridines is 1. The third-order valence-corrected chi connectivity index (χ3v) is 8.80. The molecule has 1 saturated heterocycles. The van der Waals surface area contributed by atoms with Crippen LogP contribution >= 0.6 is 11.6 Å². The fraction of sp³-hybridized carbons (Fsp3) is 0.389. The first-order chi connectivity index (χ1) is 21.3. The van der Waals surface area contributed by atoms with Crippen molar-refractivity contribution in [3.8, 4) is 0 Å². The van der Waals surface area contributed by atoms with E-state index in [9.17, 15) is 9.59 Å². The van der Waals surface area contributed by atoms with Gasteiger partial charge in [0.25, 0.3) is 5.91 Å². The van der Waals surface area contributed by atoms with Crippen molar-refractivity contribution < 1.29 is 14.3 Å². The van der Waals surface area contributed by atoms with Crippen molar-refractivity contribution >= 4 is 29.1 Å². The minimum atomic E-state index is -0.555. The molecule has 2 unspecified atom stereocenters. The highest BCUT2D eigenvalue weighted by Crippen LogP contribution is 2.41. The number of halogens is 1. The number of methoxy groups -OCH3 is 1. The largest absolute Gasteiger partial charge is 0.387 e. The van der Waals surface area contributed by atoms with Gasteiger partial charge in [-0.3, -0.25) is 9.59 Å². The SMILES string of the molecule is C=C/C=C\C1=C(C)C(C2C(C(=O)N3CCN(c4cc(Cl)ccc4C)CC3)c3ccccc3C(=O)N2CCOC)=CNC1.CC. The number of amides is 2. The van der Waals surface area contributed by atoms with Crippen LogP contribution in [0.2, 0.25) is 5.02 Å². The van der Waals surface area contributed by atoms with E-state index < -0.39 is 12.0 Å². The van der Waals surface area contributed by atoms with Crippen molar-refractivity contribution in [3.05, 3.63) is 112 Å². The van der Waals surface area contributed by atoms with E-state index in [4.69, 9.17) is 16.3 Å². The molecule has 2 aromatic rings. The fourth-order valence-corrected chi connectivity index (χ4v) is 6.47. The summed E-state index contributed by atoms with van der Waals surface area (Å²) in [6, 6.07) is 13.0. The summed E-state index contributed by atoms with van der Waals surface area (Å²) in [5.74, 6) is -0.603. The maximum absolute atomic E-state index is 14.6. The number of carbonyl (C=O) groups excluding carboxylic acids is 2. The second-order valence-corrected chi connectivity index (χ2v) is 11.4. The van der Waals surface area contributed by atoms with Gasteiger partial charge in [-0.2, -0.15) is 0 Å². The number of aryl methyl sites for hydroxylation is 1. The second kappa shape index (κ2) is 15.3. The Balaban J connectivity index is 0.00000216. The van der Waals surface area contributed by atoms with Crippen LogP contribution in [0.3, 0.4) is 0 Å². The van der Waals surface area contributed by atoms with Crippen LogP contribution in [-0.2, 0) is 9.53 Å². The van der Waals surface area contributed by atoms with Crippen LogP contribution in [0, 0.1) is 6.92 Å². The third-order valence-electron chi connectivity index (χ3n) is 8.56. The summed E-state index contributed by atoms with van der Waals surface area (Å²) in [7, 11) is 1.63. The quantitative estimate of drug-likeness (QED) is 0.362. The standard InChI is InChI=1S/C34H39ClN4O3.C2H6/c1-5-6-9-25-21-36-22-29(24(25)3)32-31(27-10-7-8-11-28(27)33(40)39(32)18-19-42-4)34(41)38-16-14-37(15-17-38)30-20-26(35)13-12-23(30)2;1-2/h5-13,20,22,31-32,36H,1,14-19,21H2,2-4H3;1-2H3/b9-6-;. The molecule has 8 heteroatoms. The summed E-state index contributed by atoms with van der Waals surface area (Å²) in [6.07, 6.45) is 7.68. The van der Waals surface area contributed by atoms with Crippen LogP contribution in [0.5, 0.6) is 0 Å². The highest BCUT2D eigenvalue weighted by molar-refractivity contribution is 6.30. The van der Waals surface area contributed by atoms with Crippen molar-refractivity contribution in [3.63, 3.8) is 0 Å². The lowest BCUT2D eigenvalue weighted by atomic mass is 9.76. The number of fused-ring (bicyclic) bond motifs is 1. The number of nitrogens with one attached hydrogen (secondary N) is 1. The molecule has 0 aliphatic carbocycles. The molecule has 3 heterocycles. The highest BCUT2D eigenvalue weighted by atomic mass is 35.5. The Kier molecular flexibility index (Phi) is 11.5. The molecule has 3 aliphatic rings. The van der Waals surface area contributed by atoms with Crippen molar-refractivity contribution in [1.29, 1.82) is 0 Å². The second-order valence-electron chi connectivity index (χ2n) is 11.0. The minimum absolute atomic E-state index is 0.0345. The summed E-state index contributed by atoms with van der Waals surface area (Å²) < 4.78 is 5.43. The predicted molar refractivity (Wildman–Crippen MR) is 180 cm³/mol. The zero-order chi connectivity index (χ0) is 31.8. The molecule has 44 heavy (non-hydrogen) atoms. The van der Waals surface area contributed by atoms with Crippen LogP contribution in [0.25, 0.3) is 0 Å². The van der Waals surface area contributed by atoms with Crippen molar-refractivity contribution in [2.75, 3.05) is 57.9 Å². The monoisotopic (exact) mass is 616 g/mol.